The second-order valence-electron chi connectivity index (χ2n) is 6.60. The SMILES string of the molecule is Cl.O=C(NCc1cccc(C(F)(F)F)c1)c1cc(C(=O)NCc2ccc(F)c(Cl)c2)ncn1. The zero-order valence-corrected chi connectivity index (χ0v) is 18.2. The van der Waals surface area contributed by atoms with Crippen LogP contribution in [0.3, 0.4) is 0 Å². The van der Waals surface area contributed by atoms with Crippen LogP contribution in [0, 0.1) is 5.82 Å². The van der Waals surface area contributed by atoms with E-state index in [0.717, 1.165) is 24.5 Å². The molecule has 2 aromatic carbocycles. The molecule has 174 valence electrons. The van der Waals surface area contributed by atoms with Gasteiger partial charge in [0.05, 0.1) is 10.6 Å². The van der Waals surface area contributed by atoms with Gasteiger partial charge in [0.2, 0.25) is 0 Å². The van der Waals surface area contributed by atoms with E-state index in [1.54, 1.807) is 0 Å². The number of hydrogen-bond donors (Lipinski definition) is 2. The van der Waals surface area contributed by atoms with Crippen LogP contribution in [-0.4, -0.2) is 21.8 Å². The second kappa shape index (κ2) is 11.1. The highest BCUT2D eigenvalue weighted by Gasteiger charge is 2.30. The van der Waals surface area contributed by atoms with Crippen molar-refractivity contribution in [2.24, 2.45) is 0 Å². The molecule has 1 aromatic heterocycles. The number of carbonyl (C=O) groups excluding carboxylic acids is 2. The monoisotopic (exact) mass is 502 g/mol. The molecule has 0 unspecified atom stereocenters. The molecule has 0 bridgehead atoms. The van der Waals surface area contributed by atoms with Crippen LogP contribution in [-0.2, 0) is 19.3 Å². The van der Waals surface area contributed by atoms with Crippen LogP contribution in [0.1, 0.15) is 37.7 Å². The molecule has 3 aromatic rings. The Bertz CT molecular complexity index is 1160. The van der Waals surface area contributed by atoms with Crippen molar-refractivity contribution in [1.29, 1.82) is 0 Å². The van der Waals surface area contributed by atoms with Gasteiger partial charge in [-0.1, -0.05) is 29.8 Å². The number of rotatable bonds is 6. The molecule has 6 nitrogen and oxygen atoms in total. The van der Waals surface area contributed by atoms with Crippen LogP contribution in [0.25, 0.3) is 0 Å². The molecule has 0 atom stereocenters. The average Bonchev–Trinajstić information content (AvgIpc) is 2.77. The van der Waals surface area contributed by atoms with Gasteiger partial charge in [-0.25, -0.2) is 14.4 Å². The Morgan fingerprint density at radius 3 is 2.00 bits per heavy atom. The lowest BCUT2D eigenvalue weighted by Crippen LogP contribution is -2.27. The van der Waals surface area contributed by atoms with E-state index in [0.29, 0.717) is 5.56 Å². The fourth-order valence-electron chi connectivity index (χ4n) is 2.66. The molecule has 0 spiro atoms. The number of carbonyl (C=O) groups is 2. The smallest absolute Gasteiger partial charge is 0.347 e. The zero-order chi connectivity index (χ0) is 23.3. The van der Waals surface area contributed by atoms with E-state index in [4.69, 9.17) is 11.6 Å². The van der Waals surface area contributed by atoms with E-state index in [2.05, 4.69) is 20.6 Å². The van der Waals surface area contributed by atoms with Gasteiger partial charge in [0.15, 0.2) is 0 Å². The molecule has 3 rings (SSSR count). The molecule has 33 heavy (non-hydrogen) atoms. The summed E-state index contributed by atoms with van der Waals surface area (Å²) >= 11 is 5.70. The van der Waals surface area contributed by atoms with E-state index < -0.39 is 29.4 Å². The van der Waals surface area contributed by atoms with E-state index in [-0.39, 0.29) is 47.5 Å². The van der Waals surface area contributed by atoms with Crippen LogP contribution in [0.5, 0.6) is 0 Å². The lowest BCUT2D eigenvalue weighted by molar-refractivity contribution is -0.137. The van der Waals surface area contributed by atoms with Gasteiger partial charge in [0.1, 0.15) is 23.5 Å². The van der Waals surface area contributed by atoms with Crippen LogP contribution in [0.4, 0.5) is 17.6 Å². The summed E-state index contributed by atoms with van der Waals surface area (Å²) in [7, 11) is 0. The Hall–Kier alpha value is -3.24. The molecular weight excluding hydrogens is 487 g/mol. The molecule has 2 amide bonds. The zero-order valence-electron chi connectivity index (χ0n) is 16.6. The van der Waals surface area contributed by atoms with Gasteiger partial charge in [-0.3, -0.25) is 9.59 Å². The molecule has 12 heteroatoms. The van der Waals surface area contributed by atoms with Crippen molar-refractivity contribution in [3.63, 3.8) is 0 Å². The summed E-state index contributed by atoms with van der Waals surface area (Å²) in [6.07, 6.45) is -3.48. The van der Waals surface area contributed by atoms with Crippen LogP contribution in [0.2, 0.25) is 5.02 Å². The van der Waals surface area contributed by atoms with Crippen molar-refractivity contribution < 1.29 is 27.2 Å². The summed E-state index contributed by atoms with van der Waals surface area (Å²) in [4.78, 5) is 32.2. The Morgan fingerprint density at radius 1 is 0.879 bits per heavy atom. The highest BCUT2D eigenvalue weighted by molar-refractivity contribution is 6.30. The van der Waals surface area contributed by atoms with E-state index in [1.165, 1.54) is 30.3 Å². The van der Waals surface area contributed by atoms with Crippen LogP contribution in [0.15, 0.2) is 54.9 Å². The predicted octanol–water partition coefficient (Wildman–Crippen LogP) is 4.57. The van der Waals surface area contributed by atoms with Crippen molar-refractivity contribution in [1.82, 2.24) is 20.6 Å². The first kappa shape index (κ1) is 26.0. The first-order valence-electron chi connectivity index (χ1n) is 9.12. The molecule has 2 N–H and O–H groups in total. The maximum atomic E-state index is 13.2. The maximum absolute atomic E-state index is 13.2. The van der Waals surface area contributed by atoms with Gasteiger partial charge in [-0.2, -0.15) is 13.2 Å². The third kappa shape index (κ3) is 7.13. The Kier molecular flexibility index (Phi) is 8.72. The van der Waals surface area contributed by atoms with Gasteiger partial charge >= 0.3 is 6.18 Å². The van der Waals surface area contributed by atoms with Gasteiger partial charge in [0, 0.05) is 19.2 Å². The molecule has 0 aliphatic rings. The molecule has 0 radical (unpaired) electrons. The highest BCUT2D eigenvalue weighted by atomic mass is 35.5. The van der Waals surface area contributed by atoms with Crippen LogP contribution < -0.4 is 10.6 Å². The van der Waals surface area contributed by atoms with Crippen molar-refractivity contribution >= 4 is 35.8 Å². The minimum atomic E-state index is -4.49. The largest absolute Gasteiger partial charge is 0.416 e. The average molecular weight is 503 g/mol. The van der Waals surface area contributed by atoms with Crippen molar-refractivity contribution in [3.8, 4) is 0 Å². The summed E-state index contributed by atoms with van der Waals surface area (Å²) in [5, 5.41) is 4.92. The van der Waals surface area contributed by atoms with Crippen LogP contribution >= 0.6 is 24.0 Å². The van der Waals surface area contributed by atoms with E-state index in [9.17, 15) is 27.2 Å². The summed E-state index contributed by atoms with van der Waals surface area (Å²) < 4.78 is 51.6. The van der Waals surface area contributed by atoms with E-state index in [1.807, 2.05) is 0 Å². The van der Waals surface area contributed by atoms with Gasteiger partial charge in [-0.05, 0) is 35.4 Å². The molecule has 0 saturated heterocycles. The lowest BCUT2D eigenvalue weighted by Gasteiger charge is -2.10. The number of nitrogens with one attached hydrogen (secondary N) is 2. The molecule has 0 aliphatic carbocycles. The first-order chi connectivity index (χ1) is 15.1. The molecule has 0 aliphatic heterocycles. The summed E-state index contributed by atoms with van der Waals surface area (Å²) in [5.74, 6) is -1.89. The van der Waals surface area contributed by atoms with Gasteiger partial charge in [0.25, 0.3) is 11.8 Å². The second-order valence-corrected chi connectivity index (χ2v) is 7.01. The topological polar surface area (TPSA) is 84.0 Å². The number of alkyl halides is 3. The first-order valence-corrected chi connectivity index (χ1v) is 9.50. The normalized spacial score (nSPS) is 10.8. The number of aromatic nitrogens is 2. The Labute approximate surface area is 196 Å². The fourth-order valence-corrected chi connectivity index (χ4v) is 2.86. The maximum Gasteiger partial charge on any atom is 0.416 e. The standard InChI is InChI=1S/C21H15ClF4N4O2.ClH/c22-15-7-13(4-5-16(15)23)10-28-20(32)18-8-17(29-11-30-18)19(31)27-9-12-2-1-3-14(6-12)21(24,25)26;/h1-8,11H,9-10H2,(H,27,31)(H,28,32);1H. The van der Waals surface area contributed by atoms with E-state index >= 15 is 0 Å². The van der Waals surface area contributed by atoms with Gasteiger partial charge < -0.3 is 10.6 Å². The third-order valence-electron chi connectivity index (χ3n) is 4.28. The molecule has 0 fully saturated rings. The molecule has 1 heterocycles. The third-order valence-corrected chi connectivity index (χ3v) is 4.57. The summed E-state index contributed by atoms with van der Waals surface area (Å²) in [6.45, 7) is -0.125. The Morgan fingerprint density at radius 2 is 1.45 bits per heavy atom. The number of benzene rings is 2. The summed E-state index contributed by atoms with van der Waals surface area (Å²) in [6, 6.07) is 9.68. The predicted molar refractivity (Wildman–Crippen MR) is 114 cm³/mol. The van der Waals surface area contributed by atoms with Crippen molar-refractivity contribution in [3.05, 3.63) is 93.8 Å². The minimum absolute atomic E-state index is 0. The number of halogens is 6. The number of amides is 2. The highest BCUT2D eigenvalue weighted by Crippen LogP contribution is 2.29. The Balaban J connectivity index is 0.00000385. The molecular formula is C21H16Cl2F4N4O2. The van der Waals surface area contributed by atoms with Crippen molar-refractivity contribution in [2.75, 3.05) is 0 Å². The lowest BCUT2D eigenvalue weighted by atomic mass is 10.1. The fraction of sp³-hybridized carbons (Fsp3) is 0.143. The number of nitrogens with zero attached hydrogens (tertiary/aromatic N) is 2. The van der Waals surface area contributed by atoms with Gasteiger partial charge in [-0.15, -0.1) is 12.4 Å². The quantitative estimate of drug-likeness (QED) is 0.483. The molecule has 0 saturated carbocycles. The minimum Gasteiger partial charge on any atom is -0.347 e. The summed E-state index contributed by atoms with van der Waals surface area (Å²) in [5.41, 5.74) is -0.261. The number of hydrogen-bond acceptors (Lipinski definition) is 4. The van der Waals surface area contributed by atoms with Crippen molar-refractivity contribution in [2.45, 2.75) is 19.3 Å².